The molecule has 2 rings (SSSR count). The number of halogens is 2. The molecule has 2 aromatic carbocycles. The van der Waals surface area contributed by atoms with Crippen LogP contribution in [0, 0.1) is 5.82 Å². The zero-order chi connectivity index (χ0) is 19.3. The topological polar surface area (TPSA) is 69.6 Å². The Balaban J connectivity index is 2.24. The van der Waals surface area contributed by atoms with Crippen molar-refractivity contribution in [2.24, 2.45) is 0 Å². The smallest absolute Gasteiger partial charge is 0.335 e. The molecule has 0 saturated heterocycles. The van der Waals surface area contributed by atoms with Crippen molar-refractivity contribution in [1.29, 1.82) is 0 Å². The minimum atomic E-state index is -1.03. The van der Waals surface area contributed by atoms with Crippen LogP contribution >= 0.6 is 28.7 Å². The first-order valence-electron chi connectivity index (χ1n) is 7.75. The summed E-state index contributed by atoms with van der Waals surface area (Å²) < 4.78 is 14.4. The van der Waals surface area contributed by atoms with Crippen LogP contribution in [0.25, 0.3) is 0 Å². The first-order valence-corrected chi connectivity index (χ1v) is 8.94. The highest BCUT2D eigenvalue weighted by molar-refractivity contribution is 9.10. The first-order chi connectivity index (χ1) is 12.3. The molecule has 0 fully saturated rings. The molecule has 0 radical (unpaired) electrons. The van der Waals surface area contributed by atoms with E-state index in [4.69, 9.17) is 0 Å². The molecule has 2 N–H and O–H groups in total. The minimum Gasteiger partial charge on any atom is -0.396 e. The maximum Gasteiger partial charge on any atom is 0.335 e. The number of imide groups is 1. The number of nitrogens with zero attached hydrogens (tertiary/aromatic N) is 1. The Hall–Kier alpha value is -1.90. The molecule has 0 spiro atoms. The van der Waals surface area contributed by atoms with Crippen molar-refractivity contribution in [3.05, 3.63) is 69.9 Å². The minimum absolute atomic E-state index is 0.165. The molecular formula is C18H18BrFN2O3S. The molecule has 0 aliphatic rings. The van der Waals surface area contributed by atoms with E-state index in [0.717, 1.165) is 0 Å². The fourth-order valence-electron chi connectivity index (χ4n) is 2.43. The Morgan fingerprint density at radius 2 is 1.92 bits per heavy atom. The fourth-order valence-corrected chi connectivity index (χ4v) is 2.97. The summed E-state index contributed by atoms with van der Waals surface area (Å²) >= 11 is 7.11. The van der Waals surface area contributed by atoms with Gasteiger partial charge in [0.05, 0.1) is 10.0 Å². The van der Waals surface area contributed by atoms with Crippen LogP contribution in [-0.4, -0.2) is 28.0 Å². The number of hydrogen-bond donors (Lipinski definition) is 3. The Kier molecular flexibility index (Phi) is 6.80. The van der Waals surface area contributed by atoms with Crippen LogP contribution in [0.5, 0.6) is 0 Å². The average Bonchev–Trinajstić information content (AvgIpc) is 2.63. The maximum absolute atomic E-state index is 13.5. The van der Waals surface area contributed by atoms with E-state index in [-0.39, 0.29) is 17.5 Å². The molecule has 2 aromatic rings. The van der Waals surface area contributed by atoms with Crippen LogP contribution in [0.4, 0.5) is 9.18 Å². The number of carbonyl (C=O) groups excluding carboxylic acids is 2. The number of aliphatic hydroxyl groups excluding tert-OH is 1. The predicted molar refractivity (Wildman–Crippen MR) is 103 cm³/mol. The van der Waals surface area contributed by atoms with E-state index in [2.05, 4.69) is 34.1 Å². The predicted octanol–water partition coefficient (Wildman–Crippen LogP) is 3.88. The van der Waals surface area contributed by atoms with Gasteiger partial charge >= 0.3 is 6.03 Å². The molecule has 3 amide bonds. The maximum atomic E-state index is 13.5. The van der Waals surface area contributed by atoms with Gasteiger partial charge < -0.3 is 10.4 Å². The third-order valence-corrected chi connectivity index (χ3v) is 4.93. The summed E-state index contributed by atoms with van der Waals surface area (Å²) in [6.07, 6.45) is 0.165. The van der Waals surface area contributed by atoms with Gasteiger partial charge in [-0.25, -0.2) is 13.5 Å². The summed E-state index contributed by atoms with van der Waals surface area (Å²) in [7, 11) is 0. The lowest BCUT2D eigenvalue weighted by Crippen LogP contribution is -2.49. The molecule has 8 heteroatoms. The van der Waals surface area contributed by atoms with Gasteiger partial charge in [-0.15, -0.1) is 0 Å². The summed E-state index contributed by atoms with van der Waals surface area (Å²) in [4.78, 5) is 24.9. The molecule has 0 saturated carbocycles. The molecule has 5 nitrogen and oxygen atoms in total. The van der Waals surface area contributed by atoms with Crippen LogP contribution in [-0.2, 0) is 5.54 Å². The van der Waals surface area contributed by atoms with Crippen molar-refractivity contribution >= 4 is 40.7 Å². The van der Waals surface area contributed by atoms with Gasteiger partial charge in [0, 0.05) is 12.2 Å². The Labute approximate surface area is 164 Å². The Bertz CT molecular complexity index is 806. The number of rotatable bonds is 5. The first kappa shape index (κ1) is 20.4. The molecule has 0 aliphatic heterocycles. The second-order valence-electron chi connectivity index (χ2n) is 5.85. The van der Waals surface area contributed by atoms with E-state index in [1.54, 1.807) is 37.3 Å². The Morgan fingerprint density at radius 1 is 1.27 bits per heavy atom. The van der Waals surface area contributed by atoms with Gasteiger partial charge in [0.1, 0.15) is 5.82 Å². The number of benzene rings is 2. The third-order valence-electron chi connectivity index (χ3n) is 3.96. The number of nitrogens with one attached hydrogen (secondary N) is 1. The number of amides is 3. The molecule has 0 aliphatic carbocycles. The van der Waals surface area contributed by atoms with Gasteiger partial charge in [-0.2, -0.15) is 0 Å². The van der Waals surface area contributed by atoms with Crippen LogP contribution in [0.15, 0.2) is 53.0 Å². The van der Waals surface area contributed by atoms with Gasteiger partial charge in [-0.3, -0.25) is 4.79 Å². The van der Waals surface area contributed by atoms with E-state index in [0.29, 0.717) is 15.4 Å². The molecule has 0 aromatic heterocycles. The zero-order valence-electron chi connectivity index (χ0n) is 13.9. The van der Waals surface area contributed by atoms with Crippen molar-refractivity contribution in [1.82, 2.24) is 9.62 Å². The van der Waals surface area contributed by atoms with Gasteiger partial charge in [-0.05, 0) is 59.1 Å². The lowest BCUT2D eigenvalue weighted by Gasteiger charge is -2.32. The summed E-state index contributed by atoms with van der Waals surface area (Å²) in [6.45, 7) is 1.46. The SMILES string of the molecule is CC(CCO)(NC(=O)N(S)C(=O)c1ccccc1)c1ccc(F)c(Br)c1. The molecule has 138 valence electrons. The highest BCUT2D eigenvalue weighted by Gasteiger charge is 2.32. The number of urea groups is 1. The number of carbonyl (C=O) groups is 2. The molecular weight excluding hydrogens is 423 g/mol. The van der Waals surface area contributed by atoms with Gasteiger partial charge in [-0.1, -0.05) is 37.1 Å². The second kappa shape index (κ2) is 8.66. The van der Waals surface area contributed by atoms with Crippen molar-refractivity contribution in [2.75, 3.05) is 6.61 Å². The summed E-state index contributed by atoms with van der Waals surface area (Å²) in [5, 5.41) is 12.1. The fraction of sp³-hybridized carbons (Fsp3) is 0.222. The lowest BCUT2D eigenvalue weighted by molar-refractivity contribution is 0.0889. The highest BCUT2D eigenvalue weighted by Crippen LogP contribution is 2.29. The second-order valence-corrected chi connectivity index (χ2v) is 7.10. The highest BCUT2D eigenvalue weighted by atomic mass is 79.9. The van der Waals surface area contributed by atoms with E-state index in [1.165, 1.54) is 18.2 Å². The molecule has 1 atom stereocenters. The van der Waals surface area contributed by atoms with Crippen molar-refractivity contribution in [3.63, 3.8) is 0 Å². The summed E-state index contributed by atoms with van der Waals surface area (Å²) in [5.41, 5.74) is -0.145. The monoisotopic (exact) mass is 440 g/mol. The quantitative estimate of drug-likeness (QED) is 0.617. The van der Waals surface area contributed by atoms with E-state index in [1.807, 2.05) is 0 Å². The van der Waals surface area contributed by atoms with Crippen molar-refractivity contribution in [2.45, 2.75) is 18.9 Å². The van der Waals surface area contributed by atoms with Gasteiger partial charge in [0.2, 0.25) is 0 Å². The standard InChI is InChI=1S/C18H18BrFN2O3S/c1-18(9-10-23,13-7-8-15(20)14(19)11-13)21-17(25)22(26)16(24)12-5-3-2-4-6-12/h2-8,11,23,26H,9-10H2,1H3,(H,21,25). The number of thiol groups is 1. The normalized spacial score (nSPS) is 13.0. The van der Waals surface area contributed by atoms with Crippen LogP contribution < -0.4 is 5.32 Å². The third kappa shape index (κ3) is 4.63. The van der Waals surface area contributed by atoms with E-state index in [9.17, 15) is 19.1 Å². The number of hydrogen-bond acceptors (Lipinski definition) is 4. The number of aliphatic hydroxyl groups is 1. The molecule has 26 heavy (non-hydrogen) atoms. The lowest BCUT2D eigenvalue weighted by atomic mass is 9.89. The van der Waals surface area contributed by atoms with Crippen LogP contribution in [0.2, 0.25) is 0 Å². The summed E-state index contributed by atoms with van der Waals surface area (Å²) in [5.74, 6) is -1.03. The van der Waals surface area contributed by atoms with Crippen molar-refractivity contribution < 1.29 is 19.1 Å². The van der Waals surface area contributed by atoms with Crippen molar-refractivity contribution in [3.8, 4) is 0 Å². The molecule has 1 unspecified atom stereocenters. The Morgan fingerprint density at radius 3 is 2.50 bits per heavy atom. The van der Waals surface area contributed by atoms with E-state index >= 15 is 0 Å². The van der Waals surface area contributed by atoms with Gasteiger partial charge in [0.25, 0.3) is 5.91 Å². The van der Waals surface area contributed by atoms with Crippen LogP contribution in [0.1, 0.15) is 29.3 Å². The summed E-state index contributed by atoms with van der Waals surface area (Å²) in [6, 6.07) is 11.8. The average molecular weight is 441 g/mol. The largest absolute Gasteiger partial charge is 0.396 e. The zero-order valence-corrected chi connectivity index (χ0v) is 16.4. The molecule has 0 heterocycles. The van der Waals surface area contributed by atoms with Gasteiger partial charge in [0.15, 0.2) is 0 Å². The molecule has 0 bridgehead atoms. The van der Waals surface area contributed by atoms with E-state index < -0.39 is 23.3 Å². The van der Waals surface area contributed by atoms with Crippen LogP contribution in [0.3, 0.4) is 0 Å².